The van der Waals surface area contributed by atoms with E-state index < -0.39 is 35.9 Å². The molecular weight excluding hydrogens is 264 g/mol. The normalized spacial score (nSPS) is 42.2. The molecule has 5 atom stereocenters. The van der Waals surface area contributed by atoms with E-state index in [2.05, 4.69) is 0 Å². The molecule has 110 valence electrons. The molecule has 1 aliphatic carbocycles. The van der Waals surface area contributed by atoms with E-state index in [1.165, 1.54) is 0 Å². The Hall–Kier alpha value is -1.34. The molecule has 1 aliphatic heterocycles. The van der Waals surface area contributed by atoms with Crippen molar-refractivity contribution in [3.05, 3.63) is 23.3 Å². The third-order valence-corrected chi connectivity index (χ3v) is 5.01. The molecule has 0 bridgehead atoms. The molecule has 2 aliphatic rings. The Morgan fingerprint density at radius 1 is 1.20 bits per heavy atom. The Balaban J connectivity index is 2.29. The first kappa shape index (κ1) is 13.6. The lowest BCUT2D eigenvalue weighted by atomic mass is 9.71. The minimum atomic E-state index is -1.57. The van der Waals surface area contributed by atoms with Crippen LogP contribution in [0.4, 0.5) is 0 Å². The Kier molecular flexibility index (Phi) is 2.63. The summed E-state index contributed by atoms with van der Waals surface area (Å²) in [4.78, 5) is 0. The highest BCUT2D eigenvalue weighted by Gasteiger charge is 2.73. The van der Waals surface area contributed by atoms with Gasteiger partial charge in [-0.1, -0.05) is 12.1 Å². The van der Waals surface area contributed by atoms with Gasteiger partial charge in [-0.15, -0.1) is 0 Å². The van der Waals surface area contributed by atoms with Crippen molar-refractivity contribution in [3.63, 3.8) is 0 Å². The first-order valence-electron chi connectivity index (χ1n) is 6.48. The lowest BCUT2D eigenvalue weighted by Crippen LogP contribution is -2.57. The van der Waals surface area contributed by atoms with Gasteiger partial charge in [-0.2, -0.15) is 0 Å². The summed E-state index contributed by atoms with van der Waals surface area (Å²) in [5, 5.41) is 50.3. The molecule has 6 nitrogen and oxygen atoms in total. The molecule has 1 heterocycles. The zero-order chi connectivity index (χ0) is 14.9. The second-order valence-corrected chi connectivity index (χ2v) is 5.84. The fraction of sp³-hybridized carbons (Fsp3) is 0.571. The van der Waals surface area contributed by atoms with Gasteiger partial charge >= 0.3 is 0 Å². The molecule has 0 spiro atoms. The molecule has 20 heavy (non-hydrogen) atoms. The first-order chi connectivity index (χ1) is 9.31. The van der Waals surface area contributed by atoms with Crippen molar-refractivity contribution in [2.45, 2.75) is 43.2 Å². The van der Waals surface area contributed by atoms with Crippen LogP contribution in [0.5, 0.6) is 11.5 Å². The number of aliphatic hydroxyl groups excluding tert-OH is 4. The minimum Gasteiger partial charge on any atom is -0.504 e. The second-order valence-electron chi connectivity index (χ2n) is 5.84. The van der Waals surface area contributed by atoms with Crippen LogP contribution in [0.2, 0.25) is 0 Å². The molecule has 3 rings (SSSR count). The van der Waals surface area contributed by atoms with Crippen molar-refractivity contribution < 1.29 is 30.3 Å². The van der Waals surface area contributed by atoms with E-state index in [9.17, 15) is 25.5 Å². The summed E-state index contributed by atoms with van der Waals surface area (Å²) in [6.45, 7) is 2.71. The number of phenolic OH excluding ortho intramolecular Hbond substituents is 1. The fourth-order valence-corrected chi connectivity index (χ4v) is 3.56. The van der Waals surface area contributed by atoms with Gasteiger partial charge in [0.15, 0.2) is 17.1 Å². The van der Waals surface area contributed by atoms with Crippen LogP contribution < -0.4 is 4.74 Å². The van der Waals surface area contributed by atoms with Gasteiger partial charge in [0, 0.05) is 5.56 Å². The average Bonchev–Trinajstić information content (AvgIpc) is 2.78. The Bertz CT molecular complexity index is 573. The molecule has 1 aromatic carbocycles. The average molecular weight is 282 g/mol. The van der Waals surface area contributed by atoms with Gasteiger partial charge in [0.05, 0.1) is 18.1 Å². The molecule has 0 saturated heterocycles. The van der Waals surface area contributed by atoms with Crippen molar-refractivity contribution in [2.75, 3.05) is 6.61 Å². The highest BCUT2D eigenvalue weighted by Crippen LogP contribution is 2.60. The van der Waals surface area contributed by atoms with Crippen LogP contribution in [-0.2, 0) is 5.41 Å². The number of hydrogen-bond acceptors (Lipinski definition) is 6. The van der Waals surface area contributed by atoms with E-state index in [4.69, 9.17) is 4.74 Å². The van der Waals surface area contributed by atoms with Crippen LogP contribution in [-0.4, -0.2) is 56.1 Å². The van der Waals surface area contributed by atoms with Gasteiger partial charge in [-0.25, -0.2) is 0 Å². The van der Waals surface area contributed by atoms with E-state index in [1.54, 1.807) is 26.0 Å². The summed E-state index contributed by atoms with van der Waals surface area (Å²) in [6.07, 6.45) is -4.20. The van der Waals surface area contributed by atoms with Gasteiger partial charge < -0.3 is 30.3 Å². The maximum absolute atomic E-state index is 10.3. The van der Waals surface area contributed by atoms with Crippen molar-refractivity contribution in [3.8, 4) is 11.5 Å². The molecular formula is C14H18O6. The van der Waals surface area contributed by atoms with E-state index in [1.807, 2.05) is 0 Å². The number of aliphatic hydroxyl groups is 4. The standard InChI is InChI=1S/C14H18O6/c1-6-3-4-7-10(8(6)16)20-14(5-15)12(19)9(17)11(18)13(7,14)2/h3-4,9,11-12,15-19H,5H2,1-2H3/t9-,11-,12-,13+,14-/m1/s1. The van der Waals surface area contributed by atoms with Gasteiger partial charge in [-0.3, -0.25) is 0 Å². The predicted octanol–water partition coefficient (Wildman–Crippen LogP) is -0.822. The van der Waals surface area contributed by atoms with Gasteiger partial charge in [-0.05, 0) is 19.4 Å². The molecule has 1 aromatic rings. The fourth-order valence-electron chi connectivity index (χ4n) is 3.56. The van der Waals surface area contributed by atoms with Gasteiger partial charge in [0.25, 0.3) is 0 Å². The Morgan fingerprint density at radius 2 is 1.85 bits per heavy atom. The summed E-state index contributed by atoms with van der Waals surface area (Å²) >= 11 is 0. The molecule has 0 radical (unpaired) electrons. The van der Waals surface area contributed by atoms with Crippen LogP contribution >= 0.6 is 0 Å². The van der Waals surface area contributed by atoms with E-state index >= 15 is 0 Å². The summed E-state index contributed by atoms with van der Waals surface area (Å²) < 4.78 is 5.67. The smallest absolute Gasteiger partial charge is 0.172 e. The third kappa shape index (κ3) is 1.19. The van der Waals surface area contributed by atoms with Gasteiger partial charge in [0.1, 0.15) is 12.2 Å². The number of aryl methyl sites for hydroxylation is 1. The second kappa shape index (κ2) is 3.85. The quantitative estimate of drug-likeness (QED) is 0.460. The van der Waals surface area contributed by atoms with E-state index in [0.717, 1.165) is 0 Å². The molecule has 0 aromatic heterocycles. The van der Waals surface area contributed by atoms with E-state index in [0.29, 0.717) is 11.1 Å². The topological polar surface area (TPSA) is 110 Å². The van der Waals surface area contributed by atoms with Crippen molar-refractivity contribution in [2.24, 2.45) is 0 Å². The number of ether oxygens (including phenoxy) is 1. The number of benzene rings is 1. The molecule has 5 N–H and O–H groups in total. The molecule has 0 amide bonds. The molecule has 0 unspecified atom stereocenters. The van der Waals surface area contributed by atoms with Crippen molar-refractivity contribution in [1.29, 1.82) is 0 Å². The lowest BCUT2D eigenvalue weighted by Gasteiger charge is -2.37. The number of rotatable bonds is 1. The first-order valence-corrected chi connectivity index (χ1v) is 6.48. The van der Waals surface area contributed by atoms with Gasteiger partial charge in [0.2, 0.25) is 0 Å². The summed E-state index contributed by atoms with van der Waals surface area (Å²) in [5.74, 6) is 0.0615. The summed E-state index contributed by atoms with van der Waals surface area (Å²) in [7, 11) is 0. The zero-order valence-corrected chi connectivity index (χ0v) is 11.2. The van der Waals surface area contributed by atoms with Crippen LogP contribution in [0.25, 0.3) is 0 Å². The number of hydrogen-bond donors (Lipinski definition) is 5. The minimum absolute atomic E-state index is 0.0835. The largest absolute Gasteiger partial charge is 0.504 e. The predicted molar refractivity (Wildman–Crippen MR) is 68.7 cm³/mol. The number of fused-ring (bicyclic) bond motifs is 3. The maximum atomic E-state index is 10.3. The van der Waals surface area contributed by atoms with Crippen molar-refractivity contribution in [1.82, 2.24) is 0 Å². The van der Waals surface area contributed by atoms with Crippen LogP contribution in [0.15, 0.2) is 12.1 Å². The zero-order valence-electron chi connectivity index (χ0n) is 11.2. The van der Waals surface area contributed by atoms with Crippen LogP contribution in [0.1, 0.15) is 18.1 Å². The number of aromatic hydroxyl groups is 1. The molecule has 6 heteroatoms. The third-order valence-electron chi connectivity index (χ3n) is 5.01. The summed E-state index contributed by atoms with van der Waals surface area (Å²) in [5.41, 5.74) is -1.72. The molecule has 1 saturated carbocycles. The van der Waals surface area contributed by atoms with Crippen LogP contribution in [0.3, 0.4) is 0 Å². The van der Waals surface area contributed by atoms with Crippen molar-refractivity contribution >= 4 is 0 Å². The number of phenols is 1. The lowest BCUT2D eigenvalue weighted by molar-refractivity contribution is -0.104. The highest BCUT2D eigenvalue weighted by molar-refractivity contribution is 5.60. The Morgan fingerprint density at radius 3 is 2.45 bits per heavy atom. The van der Waals surface area contributed by atoms with E-state index in [-0.39, 0.29) is 11.5 Å². The monoisotopic (exact) mass is 282 g/mol. The highest BCUT2D eigenvalue weighted by atomic mass is 16.5. The molecule has 1 fully saturated rings. The Labute approximate surface area is 115 Å². The SMILES string of the molecule is Cc1ccc2c(c1O)O[C@]1(CO)[C@H](O)[C@H](O)[C@@H](O)[C@]21C. The summed E-state index contributed by atoms with van der Waals surface area (Å²) in [6, 6.07) is 3.34. The van der Waals surface area contributed by atoms with Crippen LogP contribution in [0, 0.1) is 6.92 Å². The maximum Gasteiger partial charge on any atom is 0.172 e.